The molecule has 6 heteroatoms. The molecule has 92 valence electrons. The van der Waals surface area contributed by atoms with Gasteiger partial charge in [-0.2, -0.15) is 0 Å². The van der Waals surface area contributed by atoms with E-state index in [2.05, 4.69) is 17.0 Å². The first-order valence-electron chi connectivity index (χ1n) is 5.24. The van der Waals surface area contributed by atoms with Crippen molar-refractivity contribution >= 4 is 21.4 Å². The first kappa shape index (κ1) is 13.6. The Balaban J connectivity index is 2.82. The van der Waals surface area contributed by atoms with Crippen LogP contribution in [-0.4, -0.2) is 22.0 Å². The summed E-state index contributed by atoms with van der Waals surface area (Å²) in [6.45, 7) is 5.62. The maximum atomic E-state index is 11.6. The SMILES string of the molecule is CCCNCc1cc(S(=O)(=O)NC)c(C)s1. The smallest absolute Gasteiger partial charge is 0.241 e. The summed E-state index contributed by atoms with van der Waals surface area (Å²) in [7, 11) is -1.87. The molecule has 0 spiro atoms. The van der Waals surface area contributed by atoms with E-state index in [4.69, 9.17) is 0 Å². The van der Waals surface area contributed by atoms with Gasteiger partial charge in [-0.25, -0.2) is 13.1 Å². The second-order valence-electron chi connectivity index (χ2n) is 3.52. The Morgan fingerprint density at radius 1 is 1.44 bits per heavy atom. The predicted molar refractivity (Wildman–Crippen MR) is 67.3 cm³/mol. The third-order valence-corrected chi connectivity index (χ3v) is 4.93. The molecule has 0 bridgehead atoms. The summed E-state index contributed by atoms with van der Waals surface area (Å²) in [5, 5.41) is 3.26. The van der Waals surface area contributed by atoms with Gasteiger partial charge in [-0.15, -0.1) is 11.3 Å². The van der Waals surface area contributed by atoms with Crippen LogP contribution in [0.2, 0.25) is 0 Å². The standard InChI is InChI=1S/C10H18N2O2S2/c1-4-5-12-7-9-6-10(8(2)15-9)16(13,14)11-3/h6,11-12H,4-5,7H2,1-3H3. The van der Waals surface area contributed by atoms with Gasteiger partial charge in [0.2, 0.25) is 10.0 Å². The molecule has 0 unspecified atom stereocenters. The molecule has 1 heterocycles. The van der Waals surface area contributed by atoms with Gasteiger partial charge in [-0.3, -0.25) is 0 Å². The third-order valence-electron chi connectivity index (χ3n) is 2.21. The average Bonchev–Trinajstić information content (AvgIpc) is 2.61. The van der Waals surface area contributed by atoms with Crippen LogP contribution in [0.15, 0.2) is 11.0 Å². The van der Waals surface area contributed by atoms with Crippen molar-refractivity contribution in [2.45, 2.75) is 31.7 Å². The molecule has 0 aliphatic rings. The van der Waals surface area contributed by atoms with Crippen molar-refractivity contribution in [2.24, 2.45) is 0 Å². The Hall–Kier alpha value is -0.430. The molecule has 0 saturated carbocycles. The highest BCUT2D eigenvalue weighted by molar-refractivity contribution is 7.89. The molecule has 0 radical (unpaired) electrons. The van der Waals surface area contributed by atoms with E-state index in [1.807, 2.05) is 6.92 Å². The number of hydrogen-bond acceptors (Lipinski definition) is 4. The molecule has 16 heavy (non-hydrogen) atoms. The topological polar surface area (TPSA) is 58.2 Å². The second kappa shape index (κ2) is 5.77. The lowest BCUT2D eigenvalue weighted by Gasteiger charge is -1.99. The van der Waals surface area contributed by atoms with Gasteiger partial charge in [0.15, 0.2) is 0 Å². The lowest BCUT2D eigenvalue weighted by molar-refractivity contribution is 0.588. The van der Waals surface area contributed by atoms with Crippen molar-refractivity contribution in [1.29, 1.82) is 0 Å². The lowest BCUT2D eigenvalue weighted by atomic mass is 10.4. The van der Waals surface area contributed by atoms with Gasteiger partial charge in [-0.1, -0.05) is 6.92 Å². The Labute approximate surface area is 101 Å². The number of nitrogens with one attached hydrogen (secondary N) is 2. The molecule has 0 fully saturated rings. The first-order chi connectivity index (χ1) is 7.51. The highest BCUT2D eigenvalue weighted by atomic mass is 32.2. The highest BCUT2D eigenvalue weighted by Gasteiger charge is 2.17. The largest absolute Gasteiger partial charge is 0.312 e. The third kappa shape index (κ3) is 3.28. The minimum Gasteiger partial charge on any atom is -0.312 e. The van der Waals surface area contributed by atoms with Crippen LogP contribution in [0, 0.1) is 6.92 Å². The summed E-state index contributed by atoms with van der Waals surface area (Å²) >= 11 is 1.53. The van der Waals surface area contributed by atoms with E-state index in [1.54, 1.807) is 6.07 Å². The van der Waals surface area contributed by atoms with Crippen molar-refractivity contribution in [3.63, 3.8) is 0 Å². The molecule has 1 aromatic heterocycles. The van der Waals surface area contributed by atoms with Crippen molar-refractivity contribution in [2.75, 3.05) is 13.6 Å². The summed E-state index contributed by atoms with van der Waals surface area (Å²) in [6.07, 6.45) is 1.08. The van der Waals surface area contributed by atoms with Crippen molar-refractivity contribution in [3.05, 3.63) is 15.8 Å². The molecule has 0 atom stereocenters. The zero-order valence-electron chi connectivity index (χ0n) is 9.83. The summed E-state index contributed by atoms with van der Waals surface area (Å²) < 4.78 is 25.6. The summed E-state index contributed by atoms with van der Waals surface area (Å²) in [5.74, 6) is 0. The van der Waals surface area contributed by atoms with Crippen molar-refractivity contribution in [1.82, 2.24) is 10.0 Å². The van der Waals surface area contributed by atoms with E-state index < -0.39 is 10.0 Å². The number of sulfonamides is 1. The molecule has 2 N–H and O–H groups in total. The molecule has 1 rings (SSSR count). The number of aryl methyl sites for hydroxylation is 1. The van der Waals surface area contributed by atoms with E-state index in [9.17, 15) is 8.42 Å². The lowest BCUT2D eigenvalue weighted by Crippen LogP contribution is -2.18. The fourth-order valence-electron chi connectivity index (χ4n) is 1.38. The maximum Gasteiger partial charge on any atom is 0.241 e. The minimum absolute atomic E-state index is 0.397. The Bertz CT molecular complexity index is 438. The van der Waals surface area contributed by atoms with E-state index >= 15 is 0 Å². The molecular weight excluding hydrogens is 244 g/mol. The quantitative estimate of drug-likeness (QED) is 0.763. The molecule has 0 saturated heterocycles. The molecule has 4 nitrogen and oxygen atoms in total. The Kier molecular flexibility index (Phi) is 4.91. The minimum atomic E-state index is -3.31. The summed E-state index contributed by atoms with van der Waals surface area (Å²) in [5.41, 5.74) is 0. The predicted octanol–water partition coefficient (Wildman–Crippen LogP) is 1.46. The van der Waals surface area contributed by atoms with Gasteiger partial charge in [-0.05, 0) is 33.0 Å². The Morgan fingerprint density at radius 3 is 2.69 bits per heavy atom. The van der Waals surface area contributed by atoms with Gasteiger partial charge >= 0.3 is 0 Å². The molecule has 0 amide bonds. The number of hydrogen-bond donors (Lipinski definition) is 2. The summed E-state index contributed by atoms with van der Waals surface area (Å²) in [6, 6.07) is 1.74. The van der Waals surface area contributed by atoms with Crippen molar-refractivity contribution < 1.29 is 8.42 Å². The number of rotatable bonds is 6. The summed E-state index contributed by atoms with van der Waals surface area (Å²) in [4.78, 5) is 2.29. The highest BCUT2D eigenvalue weighted by Crippen LogP contribution is 2.25. The Morgan fingerprint density at radius 2 is 2.12 bits per heavy atom. The molecule has 1 aromatic rings. The second-order valence-corrected chi connectivity index (χ2v) is 6.71. The maximum absolute atomic E-state index is 11.6. The van der Waals surface area contributed by atoms with E-state index in [0.717, 1.165) is 29.3 Å². The zero-order chi connectivity index (χ0) is 12.2. The fraction of sp³-hybridized carbons (Fsp3) is 0.600. The van der Waals surface area contributed by atoms with Crippen LogP contribution in [0.3, 0.4) is 0 Å². The van der Waals surface area contributed by atoms with Crippen LogP contribution in [-0.2, 0) is 16.6 Å². The van der Waals surface area contributed by atoms with Crippen LogP contribution in [0.25, 0.3) is 0 Å². The molecule has 0 aromatic carbocycles. The van der Waals surface area contributed by atoms with Crippen LogP contribution in [0.5, 0.6) is 0 Å². The van der Waals surface area contributed by atoms with Crippen LogP contribution >= 0.6 is 11.3 Å². The number of thiophene rings is 1. The van der Waals surface area contributed by atoms with Gasteiger partial charge < -0.3 is 5.32 Å². The van der Waals surface area contributed by atoms with Crippen LogP contribution in [0.4, 0.5) is 0 Å². The van der Waals surface area contributed by atoms with E-state index in [0.29, 0.717) is 4.90 Å². The monoisotopic (exact) mass is 262 g/mol. The van der Waals surface area contributed by atoms with Gasteiger partial charge in [0, 0.05) is 16.3 Å². The molecule has 0 aliphatic heterocycles. The zero-order valence-corrected chi connectivity index (χ0v) is 11.5. The van der Waals surface area contributed by atoms with Gasteiger partial charge in [0.05, 0.1) is 4.90 Å². The van der Waals surface area contributed by atoms with Gasteiger partial charge in [0.1, 0.15) is 0 Å². The molecule has 0 aliphatic carbocycles. The normalized spacial score (nSPS) is 11.9. The van der Waals surface area contributed by atoms with Gasteiger partial charge in [0.25, 0.3) is 0 Å². The van der Waals surface area contributed by atoms with E-state index in [-0.39, 0.29) is 0 Å². The van der Waals surface area contributed by atoms with Crippen molar-refractivity contribution in [3.8, 4) is 0 Å². The molecular formula is C10H18N2O2S2. The van der Waals surface area contributed by atoms with E-state index in [1.165, 1.54) is 18.4 Å². The average molecular weight is 262 g/mol. The van der Waals surface area contributed by atoms with Crippen LogP contribution in [0.1, 0.15) is 23.1 Å². The van der Waals surface area contributed by atoms with Crippen LogP contribution < -0.4 is 10.0 Å². The fourth-order valence-corrected chi connectivity index (χ4v) is 3.70. The first-order valence-corrected chi connectivity index (χ1v) is 7.54.